The summed E-state index contributed by atoms with van der Waals surface area (Å²) in [7, 11) is 0. The van der Waals surface area contributed by atoms with Crippen molar-refractivity contribution in [3.05, 3.63) is 32.9 Å². The van der Waals surface area contributed by atoms with Crippen molar-refractivity contribution in [3.8, 4) is 0 Å². The third kappa shape index (κ3) is 3.42. The summed E-state index contributed by atoms with van der Waals surface area (Å²) >= 11 is 2.22. The van der Waals surface area contributed by atoms with Crippen LogP contribution in [-0.4, -0.2) is 25.3 Å². The lowest BCUT2D eigenvalue weighted by Crippen LogP contribution is -2.17. The highest BCUT2D eigenvalue weighted by Gasteiger charge is 2.18. The maximum Gasteiger partial charge on any atom is 0.338 e. The number of hydrogen-bond donors (Lipinski definition) is 0. The number of carbonyl (C=O) groups excluding carboxylic acids is 1. The molecule has 1 heterocycles. The Bertz CT molecular complexity index is 411. The Morgan fingerprint density at radius 1 is 1.59 bits per heavy atom. The summed E-state index contributed by atoms with van der Waals surface area (Å²) in [6.07, 6.45) is 2.13. The number of benzene rings is 1. The number of rotatable bonds is 3. The first-order chi connectivity index (χ1) is 8.16. The average molecular weight is 346 g/mol. The summed E-state index contributed by atoms with van der Waals surface area (Å²) in [6, 6.07) is 5.59. The highest BCUT2D eigenvalue weighted by Crippen LogP contribution is 2.16. The number of carbonyl (C=O) groups is 1. The van der Waals surface area contributed by atoms with Gasteiger partial charge in [-0.1, -0.05) is 6.07 Å². The molecule has 2 rings (SSSR count). The van der Waals surface area contributed by atoms with E-state index in [9.17, 15) is 4.79 Å². The summed E-state index contributed by atoms with van der Waals surface area (Å²) in [6.45, 7) is 3.16. The van der Waals surface area contributed by atoms with Gasteiger partial charge in [-0.25, -0.2) is 4.79 Å². The van der Waals surface area contributed by atoms with Crippen LogP contribution in [0.2, 0.25) is 0 Å². The van der Waals surface area contributed by atoms with Crippen LogP contribution in [0.3, 0.4) is 0 Å². The van der Waals surface area contributed by atoms with Crippen molar-refractivity contribution in [3.63, 3.8) is 0 Å². The summed E-state index contributed by atoms with van der Waals surface area (Å²) < 4.78 is 11.7. The monoisotopic (exact) mass is 346 g/mol. The molecule has 0 spiro atoms. The summed E-state index contributed by atoms with van der Waals surface area (Å²) in [5.74, 6) is -0.265. The van der Waals surface area contributed by atoms with Crippen molar-refractivity contribution < 1.29 is 14.3 Å². The van der Waals surface area contributed by atoms with Gasteiger partial charge in [-0.3, -0.25) is 0 Å². The minimum atomic E-state index is -0.265. The van der Waals surface area contributed by atoms with Crippen molar-refractivity contribution in [2.75, 3.05) is 13.2 Å². The second-order valence-electron chi connectivity index (χ2n) is 4.20. The van der Waals surface area contributed by atoms with E-state index in [2.05, 4.69) is 22.6 Å². The number of hydrogen-bond acceptors (Lipinski definition) is 3. The van der Waals surface area contributed by atoms with Crippen molar-refractivity contribution >= 4 is 28.6 Å². The van der Waals surface area contributed by atoms with Gasteiger partial charge in [0.05, 0.1) is 11.7 Å². The van der Waals surface area contributed by atoms with E-state index in [0.717, 1.165) is 23.0 Å². The van der Waals surface area contributed by atoms with Gasteiger partial charge in [-0.2, -0.15) is 0 Å². The SMILES string of the molecule is Cc1ccc(C(=O)OCC2CCCO2)cc1I. The maximum absolute atomic E-state index is 11.8. The van der Waals surface area contributed by atoms with Gasteiger partial charge in [0, 0.05) is 10.2 Å². The van der Waals surface area contributed by atoms with Gasteiger partial charge >= 0.3 is 5.97 Å². The fourth-order valence-electron chi connectivity index (χ4n) is 1.75. The summed E-state index contributed by atoms with van der Waals surface area (Å²) in [5, 5.41) is 0. The normalized spacial score (nSPS) is 19.3. The predicted octanol–water partition coefficient (Wildman–Crippen LogP) is 2.94. The fraction of sp³-hybridized carbons (Fsp3) is 0.462. The number of esters is 1. The van der Waals surface area contributed by atoms with E-state index >= 15 is 0 Å². The first-order valence-electron chi connectivity index (χ1n) is 5.71. The molecule has 0 N–H and O–H groups in total. The molecule has 1 aliphatic rings. The van der Waals surface area contributed by atoms with Crippen LogP contribution in [0.4, 0.5) is 0 Å². The molecule has 0 bridgehead atoms. The van der Waals surface area contributed by atoms with E-state index in [1.54, 1.807) is 6.07 Å². The van der Waals surface area contributed by atoms with Gasteiger partial charge in [0.2, 0.25) is 0 Å². The fourth-order valence-corrected chi connectivity index (χ4v) is 2.26. The molecule has 1 aromatic carbocycles. The molecule has 1 aromatic rings. The molecule has 4 heteroatoms. The zero-order valence-electron chi connectivity index (χ0n) is 9.74. The van der Waals surface area contributed by atoms with Crippen LogP contribution >= 0.6 is 22.6 Å². The number of ether oxygens (including phenoxy) is 2. The zero-order chi connectivity index (χ0) is 12.3. The Kier molecular flexibility index (Phi) is 4.39. The molecule has 1 atom stereocenters. The second-order valence-corrected chi connectivity index (χ2v) is 5.36. The van der Waals surface area contributed by atoms with E-state index < -0.39 is 0 Å². The zero-order valence-corrected chi connectivity index (χ0v) is 11.9. The van der Waals surface area contributed by atoms with Crippen LogP contribution in [0.15, 0.2) is 18.2 Å². The van der Waals surface area contributed by atoms with E-state index in [1.165, 1.54) is 5.56 Å². The summed E-state index contributed by atoms with van der Waals surface area (Å²) in [5.41, 5.74) is 1.78. The standard InChI is InChI=1S/C13H15IO3/c1-9-4-5-10(7-12(9)14)13(15)17-8-11-3-2-6-16-11/h4-5,7,11H,2-3,6,8H2,1H3. The minimum Gasteiger partial charge on any atom is -0.459 e. The highest BCUT2D eigenvalue weighted by molar-refractivity contribution is 14.1. The second kappa shape index (κ2) is 5.82. The molecule has 0 radical (unpaired) electrons. The molecule has 3 nitrogen and oxygen atoms in total. The predicted molar refractivity (Wildman–Crippen MR) is 73.2 cm³/mol. The van der Waals surface area contributed by atoms with Gasteiger partial charge in [-0.15, -0.1) is 0 Å². The molecule has 17 heavy (non-hydrogen) atoms. The highest BCUT2D eigenvalue weighted by atomic mass is 127. The number of halogens is 1. The molecule has 0 amide bonds. The van der Waals surface area contributed by atoms with Gasteiger partial charge < -0.3 is 9.47 Å². The molecule has 1 saturated heterocycles. The first kappa shape index (κ1) is 12.8. The van der Waals surface area contributed by atoms with Gasteiger partial charge in [-0.05, 0) is 60.1 Å². The molecular weight excluding hydrogens is 331 g/mol. The van der Waals surface area contributed by atoms with Crippen molar-refractivity contribution in [2.45, 2.75) is 25.9 Å². The van der Waals surface area contributed by atoms with Crippen LogP contribution in [0.1, 0.15) is 28.8 Å². The average Bonchev–Trinajstić information content (AvgIpc) is 2.82. The topological polar surface area (TPSA) is 35.5 Å². The van der Waals surface area contributed by atoms with Crippen molar-refractivity contribution in [2.24, 2.45) is 0 Å². The summed E-state index contributed by atoms with van der Waals surface area (Å²) in [4.78, 5) is 11.8. The lowest BCUT2D eigenvalue weighted by Gasteiger charge is -2.10. The molecule has 1 aliphatic heterocycles. The van der Waals surface area contributed by atoms with Gasteiger partial charge in [0.15, 0.2) is 0 Å². The van der Waals surface area contributed by atoms with Crippen LogP contribution in [-0.2, 0) is 9.47 Å². The van der Waals surface area contributed by atoms with Crippen LogP contribution < -0.4 is 0 Å². The molecule has 1 unspecified atom stereocenters. The Morgan fingerprint density at radius 2 is 2.41 bits per heavy atom. The Hall–Kier alpha value is -0.620. The maximum atomic E-state index is 11.8. The van der Waals surface area contributed by atoms with E-state index in [0.29, 0.717) is 12.2 Å². The first-order valence-corrected chi connectivity index (χ1v) is 6.79. The lowest BCUT2D eigenvalue weighted by molar-refractivity contribution is 0.0161. The minimum absolute atomic E-state index is 0.0865. The molecule has 0 aliphatic carbocycles. The smallest absolute Gasteiger partial charge is 0.338 e. The van der Waals surface area contributed by atoms with Crippen LogP contribution in [0, 0.1) is 10.5 Å². The molecule has 0 saturated carbocycles. The van der Waals surface area contributed by atoms with Crippen molar-refractivity contribution in [1.29, 1.82) is 0 Å². The van der Waals surface area contributed by atoms with Crippen molar-refractivity contribution in [1.82, 2.24) is 0 Å². The van der Waals surface area contributed by atoms with E-state index in [1.807, 2.05) is 19.1 Å². The molecule has 1 fully saturated rings. The molecular formula is C13H15IO3. The van der Waals surface area contributed by atoms with Crippen LogP contribution in [0.25, 0.3) is 0 Å². The Labute approximate surface area is 115 Å². The third-order valence-electron chi connectivity index (χ3n) is 2.83. The Balaban J connectivity index is 1.92. The molecule has 0 aromatic heterocycles. The Morgan fingerprint density at radius 3 is 3.06 bits per heavy atom. The van der Waals surface area contributed by atoms with Gasteiger partial charge in [0.25, 0.3) is 0 Å². The largest absolute Gasteiger partial charge is 0.459 e. The lowest BCUT2D eigenvalue weighted by atomic mass is 10.1. The van der Waals surface area contributed by atoms with Crippen LogP contribution in [0.5, 0.6) is 0 Å². The number of aryl methyl sites for hydroxylation is 1. The van der Waals surface area contributed by atoms with E-state index in [-0.39, 0.29) is 12.1 Å². The molecule has 92 valence electrons. The van der Waals surface area contributed by atoms with Gasteiger partial charge in [0.1, 0.15) is 6.61 Å². The van der Waals surface area contributed by atoms with E-state index in [4.69, 9.17) is 9.47 Å². The third-order valence-corrected chi connectivity index (χ3v) is 3.99. The quantitative estimate of drug-likeness (QED) is 0.624.